The Labute approximate surface area is 107 Å². The predicted octanol–water partition coefficient (Wildman–Crippen LogP) is 2.45. The summed E-state index contributed by atoms with van der Waals surface area (Å²) in [5, 5.41) is 7.15. The van der Waals surface area contributed by atoms with Gasteiger partial charge in [0.1, 0.15) is 0 Å². The molecule has 0 spiro atoms. The highest BCUT2D eigenvalue weighted by Gasteiger charge is 2.27. The molecule has 2 aromatic rings. The number of rotatable bonds is 3. The Morgan fingerprint density at radius 3 is 3.11 bits per heavy atom. The predicted molar refractivity (Wildman–Crippen MR) is 69.9 cm³/mol. The number of pyridine rings is 1. The summed E-state index contributed by atoms with van der Waals surface area (Å²) in [7, 11) is 0. The van der Waals surface area contributed by atoms with E-state index in [0.717, 1.165) is 24.5 Å². The fourth-order valence-electron chi connectivity index (χ4n) is 2.72. The number of aromatic nitrogens is 3. The summed E-state index contributed by atoms with van der Waals surface area (Å²) in [6.45, 7) is 4.10. The van der Waals surface area contributed by atoms with Gasteiger partial charge in [0.05, 0.1) is 17.4 Å². The summed E-state index contributed by atoms with van der Waals surface area (Å²) in [4.78, 5) is 7.07. The van der Waals surface area contributed by atoms with Crippen LogP contribution in [0.5, 0.6) is 0 Å². The van der Waals surface area contributed by atoms with Crippen LogP contribution in [0.25, 0.3) is 0 Å². The minimum atomic E-state index is 0.467. The Kier molecular flexibility index (Phi) is 3.11. The zero-order valence-electron chi connectivity index (χ0n) is 10.6. The third-order valence-electron chi connectivity index (χ3n) is 3.56. The number of hydrogen-bond donors (Lipinski definition) is 1. The van der Waals surface area contributed by atoms with Crippen LogP contribution in [0.2, 0.25) is 0 Å². The van der Waals surface area contributed by atoms with Crippen molar-refractivity contribution in [2.75, 3.05) is 6.54 Å². The van der Waals surface area contributed by atoms with Gasteiger partial charge in [0.2, 0.25) is 0 Å². The minimum Gasteiger partial charge on any atom is -0.289 e. The molecule has 0 amide bonds. The molecule has 1 aliphatic heterocycles. The molecule has 3 rings (SSSR count). The molecule has 4 nitrogen and oxygen atoms in total. The first kappa shape index (κ1) is 11.4. The van der Waals surface area contributed by atoms with E-state index in [2.05, 4.69) is 38.3 Å². The monoisotopic (exact) mass is 242 g/mol. The first-order valence-corrected chi connectivity index (χ1v) is 6.49. The molecule has 1 fully saturated rings. The maximum Gasteiger partial charge on any atom is 0.0547 e. The Bertz CT molecular complexity index is 506. The fourth-order valence-corrected chi connectivity index (χ4v) is 2.72. The molecular weight excluding hydrogens is 224 g/mol. The van der Waals surface area contributed by atoms with E-state index in [0.29, 0.717) is 6.04 Å². The van der Waals surface area contributed by atoms with Crippen molar-refractivity contribution >= 4 is 0 Å². The van der Waals surface area contributed by atoms with Gasteiger partial charge < -0.3 is 0 Å². The summed E-state index contributed by atoms with van der Waals surface area (Å²) >= 11 is 0. The summed E-state index contributed by atoms with van der Waals surface area (Å²) in [6.07, 6.45) is 4.28. The highest BCUT2D eigenvalue weighted by molar-refractivity contribution is 5.12. The molecule has 1 saturated heterocycles. The van der Waals surface area contributed by atoms with Crippen LogP contribution in [-0.4, -0.2) is 26.6 Å². The van der Waals surface area contributed by atoms with Gasteiger partial charge in [0, 0.05) is 18.4 Å². The maximum atomic E-state index is 4.58. The smallest absolute Gasteiger partial charge is 0.0547 e. The van der Waals surface area contributed by atoms with Crippen molar-refractivity contribution in [3.05, 3.63) is 47.5 Å². The largest absolute Gasteiger partial charge is 0.289 e. The van der Waals surface area contributed by atoms with Gasteiger partial charge in [-0.3, -0.25) is 15.0 Å². The van der Waals surface area contributed by atoms with Crippen molar-refractivity contribution < 1.29 is 0 Å². The van der Waals surface area contributed by atoms with Crippen LogP contribution in [0.15, 0.2) is 30.5 Å². The van der Waals surface area contributed by atoms with Gasteiger partial charge in [-0.25, -0.2) is 0 Å². The SMILES string of the molecule is Cc1cccc(CN2CCCC2c2ccn[nH]2)n1. The molecule has 0 bridgehead atoms. The molecule has 94 valence electrons. The van der Waals surface area contributed by atoms with E-state index in [1.165, 1.54) is 18.5 Å². The van der Waals surface area contributed by atoms with Crippen LogP contribution in [0, 0.1) is 6.92 Å². The first-order valence-electron chi connectivity index (χ1n) is 6.49. The molecule has 0 aromatic carbocycles. The average Bonchev–Trinajstić information content (AvgIpc) is 2.98. The van der Waals surface area contributed by atoms with Gasteiger partial charge in [-0.15, -0.1) is 0 Å². The molecule has 1 N–H and O–H groups in total. The Hall–Kier alpha value is -1.68. The van der Waals surface area contributed by atoms with Crippen LogP contribution >= 0.6 is 0 Å². The van der Waals surface area contributed by atoms with Crippen molar-refractivity contribution in [3.63, 3.8) is 0 Å². The lowest BCUT2D eigenvalue weighted by Crippen LogP contribution is -2.23. The fraction of sp³-hybridized carbons (Fsp3) is 0.429. The van der Waals surface area contributed by atoms with Crippen molar-refractivity contribution in [1.29, 1.82) is 0 Å². The third kappa shape index (κ3) is 2.29. The summed E-state index contributed by atoms with van der Waals surface area (Å²) in [6, 6.07) is 8.77. The summed E-state index contributed by atoms with van der Waals surface area (Å²) in [5.41, 5.74) is 3.46. The molecule has 0 saturated carbocycles. The second-order valence-corrected chi connectivity index (χ2v) is 4.91. The van der Waals surface area contributed by atoms with Crippen molar-refractivity contribution in [2.45, 2.75) is 32.4 Å². The zero-order valence-corrected chi connectivity index (χ0v) is 10.6. The molecule has 3 heterocycles. The van der Waals surface area contributed by atoms with Gasteiger partial charge in [-0.1, -0.05) is 6.07 Å². The molecule has 1 atom stereocenters. The minimum absolute atomic E-state index is 0.467. The van der Waals surface area contributed by atoms with E-state index in [1.54, 1.807) is 0 Å². The van der Waals surface area contributed by atoms with Gasteiger partial charge in [0.15, 0.2) is 0 Å². The summed E-state index contributed by atoms with van der Waals surface area (Å²) < 4.78 is 0. The normalized spacial score (nSPS) is 20.4. The van der Waals surface area contributed by atoms with E-state index in [4.69, 9.17) is 0 Å². The third-order valence-corrected chi connectivity index (χ3v) is 3.56. The number of hydrogen-bond acceptors (Lipinski definition) is 3. The highest BCUT2D eigenvalue weighted by Crippen LogP contribution is 2.31. The quantitative estimate of drug-likeness (QED) is 0.899. The molecule has 0 aliphatic carbocycles. The van der Waals surface area contributed by atoms with Gasteiger partial charge in [-0.2, -0.15) is 5.10 Å². The topological polar surface area (TPSA) is 44.8 Å². The first-order chi connectivity index (χ1) is 8.83. The molecule has 1 aliphatic rings. The van der Waals surface area contributed by atoms with E-state index < -0.39 is 0 Å². The van der Waals surface area contributed by atoms with E-state index >= 15 is 0 Å². The Balaban J connectivity index is 1.76. The van der Waals surface area contributed by atoms with Gasteiger partial charge in [-0.05, 0) is 44.5 Å². The zero-order chi connectivity index (χ0) is 12.4. The van der Waals surface area contributed by atoms with Gasteiger partial charge in [0.25, 0.3) is 0 Å². The molecular formula is C14H18N4. The molecule has 1 unspecified atom stereocenters. The van der Waals surface area contributed by atoms with Crippen LogP contribution in [0.4, 0.5) is 0 Å². The number of nitrogens with one attached hydrogen (secondary N) is 1. The lowest BCUT2D eigenvalue weighted by molar-refractivity contribution is 0.241. The van der Waals surface area contributed by atoms with Crippen LogP contribution in [-0.2, 0) is 6.54 Å². The van der Waals surface area contributed by atoms with E-state index in [-0.39, 0.29) is 0 Å². The highest BCUT2D eigenvalue weighted by atomic mass is 15.2. The lowest BCUT2D eigenvalue weighted by atomic mass is 10.1. The van der Waals surface area contributed by atoms with Crippen LogP contribution < -0.4 is 0 Å². The molecule has 4 heteroatoms. The standard InChI is InChI=1S/C14H18N4/c1-11-4-2-5-12(16-11)10-18-9-3-6-14(18)13-7-8-15-17-13/h2,4-5,7-8,14H,3,6,9-10H2,1H3,(H,15,17). The summed E-state index contributed by atoms with van der Waals surface area (Å²) in [5.74, 6) is 0. The maximum absolute atomic E-state index is 4.58. The number of aromatic amines is 1. The van der Waals surface area contributed by atoms with Crippen LogP contribution in [0.1, 0.15) is 36.0 Å². The van der Waals surface area contributed by atoms with Crippen molar-refractivity contribution in [1.82, 2.24) is 20.1 Å². The second-order valence-electron chi connectivity index (χ2n) is 4.91. The van der Waals surface area contributed by atoms with E-state index in [1.807, 2.05) is 19.2 Å². The van der Waals surface area contributed by atoms with Crippen LogP contribution in [0.3, 0.4) is 0 Å². The Morgan fingerprint density at radius 1 is 1.39 bits per heavy atom. The number of aryl methyl sites for hydroxylation is 1. The number of likely N-dealkylation sites (tertiary alicyclic amines) is 1. The molecule has 18 heavy (non-hydrogen) atoms. The second kappa shape index (κ2) is 4.90. The van der Waals surface area contributed by atoms with Crippen molar-refractivity contribution in [2.24, 2.45) is 0 Å². The lowest BCUT2D eigenvalue weighted by Gasteiger charge is -2.23. The number of nitrogens with zero attached hydrogens (tertiary/aromatic N) is 3. The average molecular weight is 242 g/mol. The number of H-pyrrole nitrogens is 1. The molecule has 2 aromatic heterocycles. The molecule has 0 radical (unpaired) electrons. The Morgan fingerprint density at radius 2 is 2.33 bits per heavy atom. The van der Waals surface area contributed by atoms with Gasteiger partial charge >= 0.3 is 0 Å². The van der Waals surface area contributed by atoms with E-state index in [9.17, 15) is 0 Å². The van der Waals surface area contributed by atoms with Crippen molar-refractivity contribution in [3.8, 4) is 0 Å².